The first-order chi connectivity index (χ1) is 13.3. The number of aryl methyl sites for hydroxylation is 1. The second-order valence-electron chi connectivity index (χ2n) is 6.58. The number of piperazine rings is 1. The zero-order valence-electron chi connectivity index (χ0n) is 15.4. The van der Waals surface area contributed by atoms with Crippen LogP contribution in [0.4, 0.5) is 5.69 Å². The summed E-state index contributed by atoms with van der Waals surface area (Å²) in [5.41, 5.74) is 2.18. The van der Waals surface area contributed by atoms with Crippen molar-refractivity contribution in [3.63, 3.8) is 0 Å². The van der Waals surface area contributed by atoms with Crippen molar-refractivity contribution in [1.29, 1.82) is 0 Å². The number of hydrogen-bond acceptors (Lipinski definition) is 4. The van der Waals surface area contributed by atoms with Gasteiger partial charge in [-0.05, 0) is 48.9 Å². The van der Waals surface area contributed by atoms with E-state index in [9.17, 15) is 13.2 Å². The van der Waals surface area contributed by atoms with Gasteiger partial charge in [-0.3, -0.25) is 4.79 Å². The average Bonchev–Trinajstić information content (AvgIpc) is 2.68. The monoisotopic (exact) mass is 441 g/mol. The van der Waals surface area contributed by atoms with Crippen molar-refractivity contribution in [3.05, 3.63) is 58.1 Å². The highest BCUT2D eigenvalue weighted by atomic mass is 35.5. The van der Waals surface area contributed by atoms with Gasteiger partial charge in [-0.25, -0.2) is 13.1 Å². The van der Waals surface area contributed by atoms with Crippen molar-refractivity contribution < 1.29 is 13.2 Å². The molecule has 1 amide bonds. The Bertz CT molecular complexity index is 957. The molecular weight excluding hydrogens is 421 g/mol. The molecule has 0 saturated carbocycles. The van der Waals surface area contributed by atoms with Crippen LogP contribution in [0, 0.1) is 6.92 Å². The molecule has 1 aliphatic rings. The lowest BCUT2D eigenvalue weighted by Crippen LogP contribution is -2.51. The van der Waals surface area contributed by atoms with Crippen LogP contribution >= 0.6 is 23.2 Å². The van der Waals surface area contributed by atoms with Gasteiger partial charge in [-0.15, -0.1) is 0 Å². The van der Waals surface area contributed by atoms with Gasteiger partial charge in [0, 0.05) is 41.9 Å². The number of carbonyl (C=O) groups excluding carboxylic acids is 1. The van der Waals surface area contributed by atoms with Crippen molar-refractivity contribution in [2.75, 3.05) is 37.6 Å². The van der Waals surface area contributed by atoms with Crippen LogP contribution in [0.1, 0.15) is 5.56 Å². The molecular formula is C19H21Cl2N3O3S. The number of halogens is 2. The lowest BCUT2D eigenvalue weighted by atomic mass is 10.1. The first-order valence-corrected chi connectivity index (χ1v) is 11.0. The van der Waals surface area contributed by atoms with Crippen LogP contribution in [0.3, 0.4) is 0 Å². The number of benzene rings is 2. The Labute approximate surface area is 175 Å². The summed E-state index contributed by atoms with van der Waals surface area (Å²) in [6.07, 6.45) is 0. The number of hydrogen-bond donors (Lipinski definition) is 1. The largest absolute Gasteiger partial charge is 0.368 e. The number of nitrogens with one attached hydrogen (secondary N) is 1. The summed E-state index contributed by atoms with van der Waals surface area (Å²) in [7, 11) is -3.76. The molecule has 1 fully saturated rings. The Morgan fingerprint density at radius 3 is 2.25 bits per heavy atom. The van der Waals surface area contributed by atoms with Crippen LogP contribution in [0.2, 0.25) is 10.0 Å². The number of anilines is 1. The number of carbonyl (C=O) groups is 1. The summed E-state index contributed by atoms with van der Waals surface area (Å²) in [5.74, 6) is -0.250. The second-order valence-corrected chi connectivity index (χ2v) is 9.22. The minimum atomic E-state index is -3.76. The first kappa shape index (κ1) is 20.9. The molecule has 150 valence electrons. The minimum absolute atomic E-state index is 0.0750. The molecule has 3 rings (SSSR count). The van der Waals surface area contributed by atoms with Gasteiger partial charge >= 0.3 is 0 Å². The van der Waals surface area contributed by atoms with Crippen molar-refractivity contribution >= 4 is 44.8 Å². The summed E-state index contributed by atoms with van der Waals surface area (Å²) < 4.78 is 26.9. The Kier molecular flexibility index (Phi) is 6.50. The van der Waals surface area contributed by atoms with Crippen molar-refractivity contribution in [3.8, 4) is 0 Å². The molecule has 0 unspecified atom stereocenters. The maximum Gasteiger partial charge on any atom is 0.241 e. The van der Waals surface area contributed by atoms with Crippen molar-refractivity contribution in [2.24, 2.45) is 0 Å². The van der Waals surface area contributed by atoms with E-state index < -0.39 is 10.0 Å². The Balaban J connectivity index is 1.55. The van der Waals surface area contributed by atoms with E-state index >= 15 is 0 Å². The second kappa shape index (κ2) is 8.69. The van der Waals surface area contributed by atoms with E-state index in [1.54, 1.807) is 4.90 Å². The molecule has 2 aromatic rings. The first-order valence-electron chi connectivity index (χ1n) is 8.80. The topological polar surface area (TPSA) is 69.7 Å². The highest BCUT2D eigenvalue weighted by Crippen LogP contribution is 2.25. The minimum Gasteiger partial charge on any atom is -0.368 e. The molecule has 2 aromatic carbocycles. The molecule has 0 radical (unpaired) electrons. The molecule has 0 atom stereocenters. The zero-order chi connectivity index (χ0) is 20.3. The molecule has 0 aromatic heterocycles. The Morgan fingerprint density at radius 1 is 1.00 bits per heavy atom. The summed E-state index contributed by atoms with van der Waals surface area (Å²) in [5, 5.41) is 1.12. The van der Waals surface area contributed by atoms with Crippen LogP contribution in [0.15, 0.2) is 47.4 Å². The van der Waals surface area contributed by atoms with Gasteiger partial charge in [0.15, 0.2) is 0 Å². The van der Waals surface area contributed by atoms with E-state index in [0.29, 0.717) is 36.2 Å². The third kappa shape index (κ3) is 4.97. The highest BCUT2D eigenvalue weighted by Gasteiger charge is 2.24. The SMILES string of the molecule is Cc1ccc(Cl)cc1N1CCN(C(=O)CNS(=O)(=O)c2ccc(Cl)cc2)CC1. The number of sulfonamides is 1. The predicted molar refractivity (Wildman–Crippen MR) is 112 cm³/mol. The van der Waals surface area contributed by atoms with Crippen LogP contribution in [-0.2, 0) is 14.8 Å². The fourth-order valence-corrected chi connectivity index (χ4v) is 4.35. The molecule has 0 aliphatic carbocycles. The van der Waals surface area contributed by atoms with Gasteiger partial charge in [0.25, 0.3) is 0 Å². The third-order valence-corrected chi connectivity index (χ3v) is 6.59. The smallest absolute Gasteiger partial charge is 0.241 e. The van der Waals surface area contributed by atoms with Crippen LogP contribution in [0.5, 0.6) is 0 Å². The molecule has 28 heavy (non-hydrogen) atoms. The quantitative estimate of drug-likeness (QED) is 0.773. The molecule has 1 heterocycles. The van der Waals surface area contributed by atoms with Gasteiger partial charge in [-0.1, -0.05) is 29.3 Å². The van der Waals surface area contributed by atoms with Gasteiger partial charge in [0.1, 0.15) is 0 Å². The zero-order valence-corrected chi connectivity index (χ0v) is 17.7. The molecule has 0 spiro atoms. The third-order valence-electron chi connectivity index (χ3n) is 4.68. The summed E-state index contributed by atoms with van der Waals surface area (Å²) in [6, 6.07) is 11.6. The fraction of sp³-hybridized carbons (Fsp3) is 0.316. The molecule has 1 saturated heterocycles. The van der Waals surface area contributed by atoms with Crippen LogP contribution < -0.4 is 9.62 Å². The fourth-order valence-electron chi connectivity index (χ4n) is 3.09. The normalized spacial score (nSPS) is 15.0. The van der Waals surface area contributed by atoms with E-state index in [0.717, 1.165) is 11.3 Å². The maximum absolute atomic E-state index is 12.4. The average molecular weight is 442 g/mol. The van der Waals surface area contributed by atoms with Gasteiger partial charge < -0.3 is 9.80 Å². The maximum atomic E-state index is 12.4. The van der Waals surface area contributed by atoms with E-state index in [2.05, 4.69) is 9.62 Å². The van der Waals surface area contributed by atoms with E-state index in [1.165, 1.54) is 24.3 Å². The number of nitrogens with zero attached hydrogens (tertiary/aromatic N) is 2. The summed E-state index contributed by atoms with van der Waals surface area (Å²) >= 11 is 11.9. The predicted octanol–water partition coefficient (Wildman–Crippen LogP) is 2.93. The molecule has 1 N–H and O–H groups in total. The van der Waals surface area contributed by atoms with Crippen LogP contribution in [0.25, 0.3) is 0 Å². The standard InChI is InChI=1S/C19H21Cl2N3O3S/c1-14-2-3-16(21)12-18(14)23-8-10-24(11-9-23)19(25)13-22-28(26,27)17-6-4-15(20)5-7-17/h2-7,12,22H,8-11,13H2,1H3. The molecule has 0 bridgehead atoms. The van der Waals surface area contributed by atoms with Crippen molar-refractivity contribution in [2.45, 2.75) is 11.8 Å². The number of rotatable bonds is 5. The van der Waals surface area contributed by atoms with Gasteiger partial charge in [-0.2, -0.15) is 0 Å². The Hall–Kier alpha value is -1.80. The molecule has 1 aliphatic heterocycles. The summed E-state index contributed by atoms with van der Waals surface area (Å²) in [4.78, 5) is 16.4. The van der Waals surface area contributed by atoms with Gasteiger partial charge in [0.2, 0.25) is 15.9 Å². The van der Waals surface area contributed by atoms with Crippen LogP contribution in [-0.4, -0.2) is 51.9 Å². The molecule has 9 heteroatoms. The van der Waals surface area contributed by atoms with E-state index in [4.69, 9.17) is 23.2 Å². The van der Waals surface area contributed by atoms with Crippen molar-refractivity contribution in [1.82, 2.24) is 9.62 Å². The van der Waals surface area contributed by atoms with E-state index in [1.807, 2.05) is 25.1 Å². The van der Waals surface area contributed by atoms with E-state index in [-0.39, 0.29) is 17.3 Å². The molecule has 6 nitrogen and oxygen atoms in total. The van der Waals surface area contributed by atoms with Gasteiger partial charge in [0.05, 0.1) is 11.4 Å². The summed E-state index contributed by atoms with van der Waals surface area (Å²) in [6.45, 7) is 4.12. The highest BCUT2D eigenvalue weighted by molar-refractivity contribution is 7.89. The Morgan fingerprint density at radius 2 is 1.61 bits per heavy atom. The number of amides is 1. The lowest BCUT2D eigenvalue weighted by molar-refractivity contribution is -0.130. The lowest BCUT2D eigenvalue weighted by Gasteiger charge is -2.37.